The van der Waals surface area contributed by atoms with Gasteiger partial charge < -0.3 is 4.42 Å². The summed E-state index contributed by atoms with van der Waals surface area (Å²) in [6, 6.07) is 0.666. The Morgan fingerprint density at radius 2 is 2.07 bits per heavy atom. The zero-order valence-electron chi connectivity index (χ0n) is 9.52. The van der Waals surface area contributed by atoms with Gasteiger partial charge in [0.1, 0.15) is 6.26 Å². The highest BCUT2D eigenvalue weighted by atomic mass is 16.3. The van der Waals surface area contributed by atoms with E-state index in [0.29, 0.717) is 6.04 Å². The van der Waals surface area contributed by atoms with Crippen LogP contribution in [0, 0.1) is 0 Å². The van der Waals surface area contributed by atoms with Crippen molar-refractivity contribution in [2.24, 2.45) is 0 Å². The predicted octanol–water partition coefficient (Wildman–Crippen LogP) is 1.20. The lowest BCUT2D eigenvalue weighted by Crippen LogP contribution is -2.48. The molecule has 0 saturated carbocycles. The van der Waals surface area contributed by atoms with Gasteiger partial charge in [-0.15, -0.1) is 0 Å². The van der Waals surface area contributed by atoms with E-state index in [1.165, 1.54) is 6.39 Å². The third-order valence-electron chi connectivity index (χ3n) is 3.01. The maximum Gasteiger partial charge on any atom is 0.180 e. The molecule has 1 fully saturated rings. The van der Waals surface area contributed by atoms with Gasteiger partial charge in [-0.2, -0.15) is 0 Å². The van der Waals surface area contributed by atoms with Gasteiger partial charge in [0.05, 0.1) is 5.69 Å². The second-order valence-corrected chi connectivity index (χ2v) is 4.39. The summed E-state index contributed by atoms with van der Waals surface area (Å²) in [5, 5.41) is 0. The van der Waals surface area contributed by atoms with Gasteiger partial charge in [-0.05, 0) is 13.8 Å². The van der Waals surface area contributed by atoms with E-state index in [-0.39, 0.29) is 0 Å². The van der Waals surface area contributed by atoms with Crippen molar-refractivity contribution in [1.29, 1.82) is 0 Å². The van der Waals surface area contributed by atoms with Gasteiger partial charge in [0.2, 0.25) is 0 Å². The summed E-state index contributed by atoms with van der Waals surface area (Å²) in [5.74, 6) is 0. The van der Waals surface area contributed by atoms with Crippen LogP contribution >= 0.6 is 0 Å². The molecule has 0 bridgehead atoms. The maximum absolute atomic E-state index is 4.97. The van der Waals surface area contributed by atoms with Crippen molar-refractivity contribution in [3.05, 3.63) is 18.4 Å². The highest BCUT2D eigenvalue weighted by Gasteiger charge is 2.18. The average molecular weight is 209 g/mol. The second-order valence-electron chi connectivity index (χ2n) is 4.39. The van der Waals surface area contributed by atoms with E-state index >= 15 is 0 Å². The Morgan fingerprint density at radius 3 is 2.60 bits per heavy atom. The number of oxazole rings is 1. The molecule has 84 valence electrons. The summed E-state index contributed by atoms with van der Waals surface area (Å²) in [6.45, 7) is 10.0. The fourth-order valence-electron chi connectivity index (χ4n) is 1.98. The van der Waals surface area contributed by atoms with Gasteiger partial charge in [-0.1, -0.05) is 0 Å². The van der Waals surface area contributed by atoms with Crippen LogP contribution in [0.2, 0.25) is 0 Å². The fourth-order valence-corrected chi connectivity index (χ4v) is 1.98. The lowest BCUT2D eigenvalue weighted by Gasteiger charge is -2.36. The van der Waals surface area contributed by atoms with Crippen molar-refractivity contribution in [3.8, 4) is 0 Å². The molecule has 1 aromatic heterocycles. The van der Waals surface area contributed by atoms with Crippen LogP contribution in [0.25, 0.3) is 0 Å². The highest BCUT2D eigenvalue weighted by molar-refractivity contribution is 4.91. The molecule has 15 heavy (non-hydrogen) atoms. The third-order valence-corrected chi connectivity index (χ3v) is 3.01. The van der Waals surface area contributed by atoms with E-state index in [9.17, 15) is 0 Å². The minimum atomic E-state index is 0.666. The Balaban J connectivity index is 1.79. The summed E-state index contributed by atoms with van der Waals surface area (Å²) in [6.07, 6.45) is 3.23. The molecule has 0 spiro atoms. The first-order valence-corrected chi connectivity index (χ1v) is 5.59. The van der Waals surface area contributed by atoms with Crippen LogP contribution in [-0.2, 0) is 6.54 Å². The van der Waals surface area contributed by atoms with Crippen LogP contribution in [0.1, 0.15) is 19.5 Å². The first-order chi connectivity index (χ1) is 7.25. The Labute approximate surface area is 90.9 Å². The number of hydrogen-bond donors (Lipinski definition) is 0. The first kappa shape index (κ1) is 10.6. The molecule has 0 N–H and O–H groups in total. The third kappa shape index (κ3) is 2.79. The van der Waals surface area contributed by atoms with E-state index in [1.54, 1.807) is 6.26 Å². The molecule has 4 nitrogen and oxygen atoms in total. The molecule has 2 heterocycles. The molecular formula is C11H19N3O. The molecule has 0 aliphatic carbocycles. The van der Waals surface area contributed by atoms with Crippen molar-refractivity contribution in [2.45, 2.75) is 26.4 Å². The number of piperazine rings is 1. The summed E-state index contributed by atoms with van der Waals surface area (Å²) < 4.78 is 4.97. The van der Waals surface area contributed by atoms with Gasteiger partial charge in [0.25, 0.3) is 0 Å². The Kier molecular flexibility index (Phi) is 3.38. The van der Waals surface area contributed by atoms with E-state index in [1.807, 2.05) is 0 Å². The second kappa shape index (κ2) is 4.77. The van der Waals surface area contributed by atoms with Crippen LogP contribution < -0.4 is 0 Å². The van der Waals surface area contributed by atoms with Gasteiger partial charge >= 0.3 is 0 Å². The maximum atomic E-state index is 4.97. The number of nitrogens with zero attached hydrogens (tertiary/aromatic N) is 3. The molecule has 1 aliphatic heterocycles. The summed E-state index contributed by atoms with van der Waals surface area (Å²) in [7, 11) is 0. The Hall–Kier alpha value is -0.870. The minimum absolute atomic E-state index is 0.666. The van der Waals surface area contributed by atoms with E-state index in [4.69, 9.17) is 4.42 Å². The Bertz CT molecular complexity index is 276. The van der Waals surface area contributed by atoms with Crippen molar-refractivity contribution >= 4 is 0 Å². The van der Waals surface area contributed by atoms with E-state index < -0.39 is 0 Å². The molecule has 2 rings (SSSR count). The van der Waals surface area contributed by atoms with Crippen LogP contribution in [0.5, 0.6) is 0 Å². The molecular weight excluding hydrogens is 190 g/mol. The zero-order chi connectivity index (χ0) is 10.7. The molecule has 1 aliphatic rings. The molecule has 0 unspecified atom stereocenters. The zero-order valence-corrected chi connectivity index (χ0v) is 9.52. The van der Waals surface area contributed by atoms with Gasteiger partial charge in [0, 0.05) is 38.8 Å². The van der Waals surface area contributed by atoms with Crippen LogP contribution in [0.4, 0.5) is 0 Å². The standard InChI is InChI=1S/C11H19N3O/c1-10(2)14-5-3-13(4-6-14)7-11-8-15-9-12-11/h8-10H,3-7H2,1-2H3. The number of hydrogen-bond acceptors (Lipinski definition) is 4. The Morgan fingerprint density at radius 1 is 1.33 bits per heavy atom. The van der Waals surface area contributed by atoms with Crippen molar-refractivity contribution in [1.82, 2.24) is 14.8 Å². The van der Waals surface area contributed by atoms with Crippen LogP contribution in [-0.4, -0.2) is 47.0 Å². The van der Waals surface area contributed by atoms with Crippen LogP contribution in [0.3, 0.4) is 0 Å². The van der Waals surface area contributed by atoms with Crippen molar-refractivity contribution in [2.75, 3.05) is 26.2 Å². The normalized spacial score (nSPS) is 19.9. The first-order valence-electron chi connectivity index (χ1n) is 5.59. The van der Waals surface area contributed by atoms with Gasteiger partial charge in [0.15, 0.2) is 6.39 Å². The summed E-state index contributed by atoms with van der Waals surface area (Å²) >= 11 is 0. The van der Waals surface area contributed by atoms with Crippen LogP contribution in [0.15, 0.2) is 17.1 Å². The average Bonchev–Trinajstić information content (AvgIpc) is 2.71. The van der Waals surface area contributed by atoms with E-state index in [2.05, 4.69) is 28.6 Å². The van der Waals surface area contributed by atoms with E-state index in [0.717, 1.165) is 38.4 Å². The predicted molar refractivity (Wildman–Crippen MR) is 58.5 cm³/mol. The summed E-state index contributed by atoms with van der Waals surface area (Å²) in [5.41, 5.74) is 1.04. The molecule has 1 saturated heterocycles. The molecule has 0 aromatic carbocycles. The molecule has 0 atom stereocenters. The van der Waals surface area contributed by atoms with Gasteiger partial charge in [-0.3, -0.25) is 9.80 Å². The molecule has 4 heteroatoms. The number of rotatable bonds is 3. The lowest BCUT2D eigenvalue weighted by molar-refractivity contribution is 0.103. The highest BCUT2D eigenvalue weighted by Crippen LogP contribution is 2.08. The van der Waals surface area contributed by atoms with Gasteiger partial charge in [-0.25, -0.2) is 4.98 Å². The lowest BCUT2D eigenvalue weighted by atomic mass is 10.2. The smallest absolute Gasteiger partial charge is 0.180 e. The summed E-state index contributed by atoms with van der Waals surface area (Å²) in [4.78, 5) is 9.08. The minimum Gasteiger partial charge on any atom is -0.451 e. The monoisotopic (exact) mass is 209 g/mol. The SMILES string of the molecule is CC(C)N1CCN(Cc2cocn2)CC1. The van der Waals surface area contributed by atoms with Crippen molar-refractivity contribution in [3.63, 3.8) is 0 Å². The fraction of sp³-hybridized carbons (Fsp3) is 0.727. The molecule has 0 amide bonds. The topological polar surface area (TPSA) is 32.5 Å². The molecule has 1 aromatic rings. The quantitative estimate of drug-likeness (QED) is 0.749. The largest absolute Gasteiger partial charge is 0.451 e. The van der Waals surface area contributed by atoms with Crippen molar-refractivity contribution < 1.29 is 4.42 Å². The molecule has 0 radical (unpaired) electrons. The number of aromatic nitrogens is 1.